The molecule has 0 fully saturated rings. The number of nitrogens with zero attached hydrogens (tertiary/aromatic N) is 5. The highest BCUT2D eigenvalue weighted by Crippen LogP contribution is 2.29. The molecule has 0 amide bonds. The Labute approximate surface area is 178 Å². The molecule has 0 spiro atoms. The lowest BCUT2D eigenvalue weighted by atomic mass is 10.2. The number of H-pyrrole nitrogens is 1. The van der Waals surface area contributed by atoms with Gasteiger partial charge in [-0.05, 0) is 43.7 Å². The van der Waals surface area contributed by atoms with Crippen molar-refractivity contribution >= 4 is 44.3 Å². The fraction of sp³-hybridized carbons (Fsp3) is 0.150. The lowest BCUT2D eigenvalue weighted by Gasteiger charge is -2.04. The number of nitrogens with one attached hydrogen (secondary N) is 1. The number of fused-ring (bicyclic) bond motifs is 2. The molecule has 0 saturated carbocycles. The summed E-state index contributed by atoms with van der Waals surface area (Å²) in [5.41, 5.74) is 2.20. The largest absolute Gasteiger partial charge is 0.309 e. The molecule has 7 nitrogen and oxygen atoms in total. The maximum absolute atomic E-state index is 13.2. The van der Waals surface area contributed by atoms with Crippen LogP contribution in [0.3, 0.4) is 0 Å². The van der Waals surface area contributed by atoms with Crippen molar-refractivity contribution in [3.8, 4) is 5.69 Å². The summed E-state index contributed by atoms with van der Waals surface area (Å²) in [5.74, 6) is 0.738. The van der Waals surface area contributed by atoms with Crippen molar-refractivity contribution in [1.29, 1.82) is 0 Å². The number of aromatic nitrogens is 6. The van der Waals surface area contributed by atoms with Gasteiger partial charge in [0, 0.05) is 4.88 Å². The van der Waals surface area contributed by atoms with E-state index >= 15 is 0 Å². The summed E-state index contributed by atoms with van der Waals surface area (Å²) in [6, 6.07) is 6.05. The van der Waals surface area contributed by atoms with Crippen LogP contribution in [-0.2, 0) is 5.75 Å². The summed E-state index contributed by atoms with van der Waals surface area (Å²) >= 11 is 2.98. The first-order valence-electron chi connectivity index (χ1n) is 9.07. The second-order valence-corrected chi connectivity index (χ2v) is 8.88. The lowest BCUT2D eigenvalue weighted by molar-refractivity contribution is 0.627. The van der Waals surface area contributed by atoms with E-state index in [2.05, 4.69) is 25.0 Å². The molecular weight excluding hydrogens is 423 g/mol. The lowest BCUT2D eigenvalue weighted by Crippen LogP contribution is -2.10. The third kappa shape index (κ3) is 3.17. The zero-order chi connectivity index (χ0) is 20.8. The Morgan fingerprint density at radius 2 is 2.00 bits per heavy atom. The molecule has 150 valence electrons. The monoisotopic (exact) mass is 438 g/mol. The third-order valence-corrected chi connectivity index (χ3v) is 6.95. The molecule has 30 heavy (non-hydrogen) atoms. The zero-order valence-electron chi connectivity index (χ0n) is 16.0. The fourth-order valence-corrected chi connectivity index (χ4v) is 5.09. The van der Waals surface area contributed by atoms with Crippen molar-refractivity contribution < 1.29 is 4.39 Å². The van der Waals surface area contributed by atoms with Gasteiger partial charge in [-0.2, -0.15) is 5.10 Å². The average molecular weight is 439 g/mol. The van der Waals surface area contributed by atoms with Crippen molar-refractivity contribution in [2.45, 2.75) is 24.6 Å². The SMILES string of the molecule is Cc1sc2nc(CSc3ncnc4c3cnn4-c3ccc(F)cc3)[nH]c(=O)c2c1C. The van der Waals surface area contributed by atoms with Crippen LogP contribution >= 0.6 is 23.1 Å². The van der Waals surface area contributed by atoms with Crippen LogP contribution in [0.25, 0.3) is 26.9 Å². The van der Waals surface area contributed by atoms with Gasteiger partial charge in [0.1, 0.15) is 27.8 Å². The number of hydrogen-bond acceptors (Lipinski definition) is 7. The van der Waals surface area contributed by atoms with Crippen molar-refractivity contribution in [1.82, 2.24) is 29.7 Å². The van der Waals surface area contributed by atoms with Crippen LogP contribution in [-0.4, -0.2) is 29.7 Å². The van der Waals surface area contributed by atoms with Crippen molar-refractivity contribution in [2.24, 2.45) is 0 Å². The number of hydrogen-bond donors (Lipinski definition) is 1. The zero-order valence-corrected chi connectivity index (χ0v) is 17.6. The van der Waals surface area contributed by atoms with Crippen molar-refractivity contribution in [2.75, 3.05) is 0 Å². The maximum Gasteiger partial charge on any atom is 0.259 e. The Bertz CT molecular complexity index is 1450. The Kier molecular flexibility index (Phi) is 4.59. The van der Waals surface area contributed by atoms with Crippen LogP contribution in [0.4, 0.5) is 4.39 Å². The first-order valence-corrected chi connectivity index (χ1v) is 10.9. The van der Waals surface area contributed by atoms with Crippen molar-refractivity contribution in [3.05, 3.63) is 69.2 Å². The number of halogens is 1. The Balaban J connectivity index is 1.47. The summed E-state index contributed by atoms with van der Waals surface area (Å²) < 4.78 is 14.9. The highest BCUT2D eigenvalue weighted by molar-refractivity contribution is 7.98. The van der Waals surface area contributed by atoms with Crippen molar-refractivity contribution in [3.63, 3.8) is 0 Å². The highest BCUT2D eigenvalue weighted by Gasteiger charge is 2.14. The molecule has 0 saturated heterocycles. The van der Waals surface area contributed by atoms with E-state index in [4.69, 9.17) is 0 Å². The molecule has 5 aromatic rings. The topological polar surface area (TPSA) is 89.3 Å². The molecule has 0 atom stereocenters. The van der Waals surface area contributed by atoms with E-state index in [0.717, 1.165) is 25.7 Å². The van der Waals surface area contributed by atoms with E-state index < -0.39 is 0 Å². The number of aromatic amines is 1. The second-order valence-electron chi connectivity index (χ2n) is 6.71. The smallest absolute Gasteiger partial charge is 0.259 e. The molecule has 0 aliphatic rings. The fourth-order valence-electron chi connectivity index (χ4n) is 3.21. The molecule has 4 heterocycles. The van der Waals surface area contributed by atoms with Crippen LogP contribution < -0.4 is 5.56 Å². The first kappa shape index (κ1) is 18.9. The van der Waals surface area contributed by atoms with E-state index in [1.54, 1.807) is 23.0 Å². The Hall–Kier alpha value is -3.11. The second kappa shape index (κ2) is 7.29. The first-order chi connectivity index (χ1) is 14.5. The quantitative estimate of drug-likeness (QED) is 0.335. The molecule has 0 aliphatic heterocycles. The van der Waals surface area contributed by atoms with Crippen LogP contribution in [0.1, 0.15) is 16.3 Å². The van der Waals surface area contributed by atoms with E-state index in [1.165, 1.54) is 41.6 Å². The Morgan fingerprint density at radius 1 is 1.20 bits per heavy atom. The molecule has 4 aromatic heterocycles. The minimum Gasteiger partial charge on any atom is -0.309 e. The molecule has 0 aliphatic carbocycles. The predicted octanol–water partition coefficient (Wildman–Crippen LogP) is 4.16. The number of aryl methyl sites for hydroxylation is 2. The van der Waals surface area contributed by atoms with Gasteiger partial charge in [-0.25, -0.2) is 24.0 Å². The van der Waals surface area contributed by atoms with Gasteiger partial charge < -0.3 is 4.98 Å². The van der Waals surface area contributed by atoms with Gasteiger partial charge in [-0.3, -0.25) is 4.79 Å². The van der Waals surface area contributed by atoms with Gasteiger partial charge in [0.05, 0.1) is 28.4 Å². The van der Waals surface area contributed by atoms with Gasteiger partial charge >= 0.3 is 0 Å². The molecule has 1 aromatic carbocycles. The van der Waals surface area contributed by atoms with Crippen LogP contribution in [0.15, 0.2) is 46.6 Å². The molecule has 0 radical (unpaired) electrons. The normalized spacial score (nSPS) is 11.6. The van der Waals surface area contributed by atoms with Gasteiger partial charge in [0.15, 0.2) is 5.65 Å². The van der Waals surface area contributed by atoms with Gasteiger partial charge in [0.2, 0.25) is 0 Å². The minimum absolute atomic E-state index is 0.116. The standard InChI is InChI=1S/C20H15FN6OS2/c1-10-11(2)30-20-16(10)18(28)25-15(26-20)8-29-19-14-7-24-27(17(14)22-9-23-19)13-5-3-12(21)4-6-13/h3-7,9H,8H2,1-2H3,(H,25,26,28). The van der Waals surface area contributed by atoms with E-state index in [1.807, 2.05) is 13.8 Å². The number of thiophene rings is 1. The average Bonchev–Trinajstić information content (AvgIpc) is 3.28. The summed E-state index contributed by atoms with van der Waals surface area (Å²) in [6.07, 6.45) is 3.16. The highest BCUT2D eigenvalue weighted by atomic mass is 32.2. The Morgan fingerprint density at radius 3 is 2.80 bits per heavy atom. The molecule has 0 bridgehead atoms. The maximum atomic E-state index is 13.2. The molecule has 1 N–H and O–H groups in total. The molecule has 0 unspecified atom stereocenters. The van der Waals surface area contributed by atoms with Gasteiger partial charge in [-0.1, -0.05) is 11.8 Å². The molecule has 10 heteroatoms. The summed E-state index contributed by atoms with van der Waals surface area (Å²) in [6.45, 7) is 3.93. The minimum atomic E-state index is -0.310. The summed E-state index contributed by atoms with van der Waals surface area (Å²) in [4.78, 5) is 30.5. The van der Waals surface area contributed by atoms with E-state index in [9.17, 15) is 9.18 Å². The number of thioether (sulfide) groups is 1. The van der Waals surface area contributed by atoms with E-state index in [0.29, 0.717) is 28.3 Å². The summed E-state index contributed by atoms with van der Waals surface area (Å²) in [7, 11) is 0. The molecule has 5 rings (SSSR count). The van der Waals surface area contributed by atoms with Crippen LogP contribution in [0, 0.1) is 19.7 Å². The molecular formula is C20H15FN6OS2. The van der Waals surface area contributed by atoms with Gasteiger partial charge in [0.25, 0.3) is 5.56 Å². The third-order valence-electron chi connectivity index (χ3n) is 4.83. The number of rotatable bonds is 4. The van der Waals surface area contributed by atoms with E-state index in [-0.39, 0.29) is 11.4 Å². The van der Waals surface area contributed by atoms with Gasteiger partial charge in [-0.15, -0.1) is 11.3 Å². The van der Waals surface area contributed by atoms with Crippen LogP contribution in [0.2, 0.25) is 0 Å². The number of benzene rings is 1. The van der Waals surface area contributed by atoms with Crippen LogP contribution in [0.5, 0.6) is 0 Å². The predicted molar refractivity (Wildman–Crippen MR) is 116 cm³/mol. The summed E-state index contributed by atoms with van der Waals surface area (Å²) in [5, 5.41) is 6.56.